The van der Waals surface area contributed by atoms with Crippen LogP contribution < -0.4 is 24.5 Å². The minimum Gasteiger partial charge on any atom is -0.344 e. The molecule has 0 radical (unpaired) electrons. The molecule has 5 heteroatoms. The summed E-state index contributed by atoms with van der Waals surface area (Å²) >= 11 is 0. The number of nitrogens with zero attached hydrogens (tertiary/aromatic N) is 5. The molecule has 0 atom stereocenters. The lowest BCUT2D eigenvalue weighted by Gasteiger charge is -2.24. The van der Waals surface area contributed by atoms with Gasteiger partial charge in [0.05, 0.1) is 0 Å². The third-order valence-electron chi connectivity index (χ3n) is 17.5. The van der Waals surface area contributed by atoms with Gasteiger partial charge in [0, 0.05) is 92.1 Å². The number of hydrogen-bond acceptors (Lipinski definition) is 5. The molecule has 0 saturated carbocycles. The summed E-state index contributed by atoms with van der Waals surface area (Å²) in [5, 5.41) is 0. The fourth-order valence-corrected chi connectivity index (χ4v) is 11.2. The first-order valence-electron chi connectivity index (χ1n) is 32.1. The average molecular weight is 1200 g/mol. The summed E-state index contributed by atoms with van der Waals surface area (Å²) in [4.78, 5) is 11.3. The molecule has 0 amide bonds. The van der Waals surface area contributed by atoms with Gasteiger partial charge in [-0.25, -0.2) is 0 Å². The molecule has 0 aromatic heterocycles. The van der Waals surface area contributed by atoms with E-state index in [2.05, 4.69) is 391 Å². The van der Waals surface area contributed by atoms with Gasteiger partial charge < -0.3 is 24.5 Å². The second-order valence-corrected chi connectivity index (χ2v) is 25.5. The number of rotatable bonds is 12. The fraction of sp³-hybridized carbons (Fsp3) is 0.294. The molecule has 10 aromatic carbocycles. The van der Waals surface area contributed by atoms with Gasteiger partial charge in [-0.3, -0.25) is 0 Å². The third-order valence-corrected chi connectivity index (χ3v) is 17.5. The molecule has 0 fully saturated rings. The molecule has 0 N–H and O–H groups in total. The van der Waals surface area contributed by atoms with E-state index in [-0.39, 0.29) is 0 Å². The van der Waals surface area contributed by atoms with Crippen molar-refractivity contribution < 1.29 is 0 Å². The van der Waals surface area contributed by atoms with Gasteiger partial charge in [0.25, 0.3) is 0 Å². The Kier molecular flexibility index (Phi) is 25.5. The van der Waals surface area contributed by atoms with Crippen LogP contribution in [0.1, 0.15) is 129 Å². The van der Waals surface area contributed by atoms with Crippen LogP contribution in [-0.2, 0) is 0 Å². The predicted molar refractivity (Wildman–Crippen MR) is 399 cm³/mol. The Morgan fingerprint density at radius 2 is 0.444 bits per heavy atom. The summed E-state index contributed by atoms with van der Waals surface area (Å²) in [5.41, 5.74) is 33.8. The van der Waals surface area contributed by atoms with Crippen LogP contribution in [-0.4, -0.2) is 35.2 Å². The zero-order valence-electron chi connectivity index (χ0n) is 59.0. The Hall–Kier alpha value is -8.80. The van der Waals surface area contributed by atoms with Crippen LogP contribution in [0.5, 0.6) is 0 Å². The van der Waals surface area contributed by atoms with Gasteiger partial charge >= 0.3 is 0 Å². The number of benzene rings is 10. The van der Waals surface area contributed by atoms with E-state index in [0.717, 1.165) is 0 Å². The van der Waals surface area contributed by atoms with Crippen LogP contribution in [0, 0.1) is 96.9 Å². The first-order valence-corrected chi connectivity index (χ1v) is 32.1. The highest BCUT2D eigenvalue weighted by atomic mass is 15.1. The second-order valence-electron chi connectivity index (χ2n) is 25.5. The Labute approximate surface area is 545 Å². The van der Waals surface area contributed by atoms with Crippen LogP contribution >= 0.6 is 0 Å². The third kappa shape index (κ3) is 18.9. The monoisotopic (exact) mass is 1200 g/mol. The molecule has 0 aliphatic rings. The zero-order chi connectivity index (χ0) is 66.1. The molecule has 0 saturated heterocycles. The maximum Gasteiger partial charge on any atom is 0.0440 e. The molecule has 0 heterocycles. The van der Waals surface area contributed by atoms with Gasteiger partial charge in [0.1, 0.15) is 0 Å². The topological polar surface area (TPSA) is 16.2 Å². The highest BCUT2D eigenvalue weighted by molar-refractivity contribution is 5.72. The minimum absolute atomic E-state index is 0.581. The summed E-state index contributed by atoms with van der Waals surface area (Å²) in [6.07, 6.45) is 0. The largest absolute Gasteiger partial charge is 0.344 e. The van der Waals surface area contributed by atoms with Crippen molar-refractivity contribution in [2.75, 3.05) is 59.7 Å². The van der Waals surface area contributed by atoms with Crippen LogP contribution in [0.15, 0.2) is 206 Å². The van der Waals surface area contributed by atoms with E-state index in [0.29, 0.717) is 11.8 Å². The quantitative estimate of drug-likeness (QED) is 0.121. The molecule has 0 aliphatic heterocycles. The molecule has 470 valence electrons. The van der Waals surface area contributed by atoms with Crippen molar-refractivity contribution in [2.45, 2.75) is 136 Å². The fourth-order valence-electron chi connectivity index (χ4n) is 11.2. The summed E-state index contributed by atoms with van der Waals surface area (Å²) in [7, 11) is 10.6. The lowest BCUT2D eigenvalue weighted by Crippen LogP contribution is -2.12. The lowest BCUT2D eigenvalue weighted by atomic mass is 10.0. The summed E-state index contributed by atoms with van der Waals surface area (Å²) < 4.78 is 0. The SMILES string of the molecule is Cc1cc(C)c(N(C)c2ccc(C(C)C)cc2)cc1C.Cc1cc(C)c(N(C)c2ccccc2C)cc1C.Cc1ccc(C)c(N(C)c2ccc(C(C)C)cc2)c1.Cc1ccc(C)c(N(C)c2ccccc2C)c1.Cc1ccc(N(C)c2ccccc2C)cc1. The van der Waals surface area contributed by atoms with Gasteiger partial charge in [0.15, 0.2) is 0 Å². The average Bonchev–Trinajstić information content (AvgIpc) is 1.31. The number of aryl methyl sites for hydroxylation is 14. The molecule has 0 aliphatic carbocycles. The van der Waals surface area contributed by atoms with Crippen molar-refractivity contribution in [3.63, 3.8) is 0 Å². The van der Waals surface area contributed by atoms with E-state index >= 15 is 0 Å². The molecule has 0 spiro atoms. The Morgan fingerprint density at radius 1 is 0.200 bits per heavy atom. The maximum absolute atomic E-state index is 2.28. The maximum atomic E-state index is 2.28. The number of para-hydroxylation sites is 3. The van der Waals surface area contributed by atoms with Crippen LogP contribution in [0.25, 0.3) is 0 Å². The lowest BCUT2D eigenvalue weighted by molar-refractivity contribution is 0.866. The van der Waals surface area contributed by atoms with E-state index in [1.54, 1.807) is 0 Å². The molecule has 5 nitrogen and oxygen atoms in total. The smallest absolute Gasteiger partial charge is 0.0440 e. The zero-order valence-corrected chi connectivity index (χ0v) is 59.0. The summed E-state index contributed by atoms with van der Waals surface area (Å²) in [6, 6.07) is 74.0. The summed E-state index contributed by atoms with van der Waals surface area (Å²) in [5.74, 6) is 1.16. The van der Waals surface area contributed by atoms with Crippen molar-refractivity contribution in [1.82, 2.24) is 0 Å². The van der Waals surface area contributed by atoms with Gasteiger partial charge in [-0.1, -0.05) is 161 Å². The minimum atomic E-state index is 0.581. The first kappa shape index (κ1) is 70.3. The standard InChI is InChI=1S/C19H25N.C18H23N.C17H21N.C16H19N.C15H17N/c1-13(2)17-7-9-18(10-8-17)20(6)19-12-15(4)14(3)11-16(19)5;1-13(2)16-8-10-17(11-9-16)19(5)18-12-14(3)6-7-15(18)4;1-12-8-6-7-9-16(12)18(5)17-11-14(3)13(2)10-15(17)4;1-12-9-10-14(3)16(11-12)17(4)15-8-6-5-7-13(15)2;1-12-8-10-14(11-9-12)16(3)15-7-5-4-6-13(15)2/h7-13H,1-6H3;6-13H,1-5H3;6-11H,1-5H3;5-11H,1-4H3;4-11H,1-3H3. The van der Waals surface area contributed by atoms with E-state index in [4.69, 9.17) is 0 Å². The highest BCUT2D eigenvalue weighted by Crippen LogP contribution is 2.35. The second kappa shape index (κ2) is 32.6. The van der Waals surface area contributed by atoms with E-state index in [1.807, 2.05) is 0 Å². The molecule has 10 rings (SSSR count). The molecule has 0 unspecified atom stereocenters. The van der Waals surface area contributed by atoms with E-state index in [1.165, 1.54) is 146 Å². The molecule has 10 aromatic rings. The molecular weight excluding hydrogens is 1090 g/mol. The number of hydrogen-bond donors (Lipinski definition) is 0. The van der Waals surface area contributed by atoms with Crippen LogP contribution in [0.4, 0.5) is 56.9 Å². The van der Waals surface area contributed by atoms with Crippen molar-refractivity contribution in [1.29, 1.82) is 0 Å². The number of anilines is 10. The Bertz CT molecular complexity index is 3910. The van der Waals surface area contributed by atoms with Gasteiger partial charge in [0.2, 0.25) is 0 Å². The van der Waals surface area contributed by atoms with Crippen molar-refractivity contribution >= 4 is 56.9 Å². The van der Waals surface area contributed by atoms with Crippen molar-refractivity contribution in [3.8, 4) is 0 Å². The summed E-state index contributed by atoms with van der Waals surface area (Å²) in [6.45, 7) is 39.1. The molecule has 90 heavy (non-hydrogen) atoms. The Morgan fingerprint density at radius 3 is 0.778 bits per heavy atom. The normalized spacial score (nSPS) is 10.6. The van der Waals surface area contributed by atoms with Crippen molar-refractivity contribution in [2.24, 2.45) is 0 Å². The van der Waals surface area contributed by atoms with E-state index in [9.17, 15) is 0 Å². The first-order chi connectivity index (χ1) is 42.7. The van der Waals surface area contributed by atoms with Crippen LogP contribution in [0.2, 0.25) is 0 Å². The van der Waals surface area contributed by atoms with Gasteiger partial charge in [-0.15, -0.1) is 0 Å². The highest BCUT2D eigenvalue weighted by Gasteiger charge is 2.14. The Balaban J connectivity index is 0.000000179. The molecule has 0 bridgehead atoms. The predicted octanol–water partition coefficient (Wildman–Crippen LogP) is 23.8. The molecular formula is C85H105N5. The van der Waals surface area contributed by atoms with Crippen molar-refractivity contribution in [3.05, 3.63) is 295 Å². The van der Waals surface area contributed by atoms with Gasteiger partial charge in [-0.05, 0) is 271 Å². The van der Waals surface area contributed by atoms with Crippen LogP contribution in [0.3, 0.4) is 0 Å². The van der Waals surface area contributed by atoms with Gasteiger partial charge in [-0.2, -0.15) is 0 Å². The van der Waals surface area contributed by atoms with E-state index < -0.39 is 0 Å².